The summed E-state index contributed by atoms with van der Waals surface area (Å²) in [6, 6.07) is 13.3. The number of amides is 2. The van der Waals surface area contributed by atoms with Crippen molar-refractivity contribution in [2.75, 3.05) is 33.6 Å². The standard InChI is InChI=1S/C30H28F3N7O4/c1-34-29(42)35-17-11-13-18(14-12-17)40-23(16-37(2)3)25-27(36-40)38(15-19-20(31)7-5-8-21(19)32)30(43)39(28(25)41)22-9-6-10-24(44-4)26(22)33/h5-14H,15-16H2,1-4H3,(H2,34,35,42). The van der Waals surface area contributed by atoms with Crippen molar-refractivity contribution < 1.29 is 22.7 Å². The van der Waals surface area contributed by atoms with Crippen molar-refractivity contribution in [3.8, 4) is 17.1 Å². The second-order valence-electron chi connectivity index (χ2n) is 10.0. The number of methoxy groups -OCH3 is 1. The van der Waals surface area contributed by atoms with Gasteiger partial charge in [-0.15, -0.1) is 5.10 Å². The SMILES string of the molecule is CNC(=O)Nc1ccc(-n2nc3c(c2CN(C)C)c(=O)n(-c2cccc(OC)c2F)c(=O)n3Cc2c(F)cccc2F)cc1. The van der Waals surface area contributed by atoms with E-state index in [4.69, 9.17) is 4.74 Å². The number of rotatable bonds is 8. The van der Waals surface area contributed by atoms with Gasteiger partial charge in [-0.05, 0) is 62.6 Å². The zero-order valence-corrected chi connectivity index (χ0v) is 24.2. The Balaban J connectivity index is 1.86. The Labute approximate surface area is 248 Å². The molecule has 5 aromatic rings. The number of hydrogen-bond donors (Lipinski definition) is 2. The van der Waals surface area contributed by atoms with Gasteiger partial charge in [-0.3, -0.25) is 9.36 Å². The molecule has 0 radical (unpaired) electrons. The molecular formula is C30H28F3N7O4. The number of carbonyl (C=O) groups excluding carboxylic acids is 1. The van der Waals surface area contributed by atoms with E-state index < -0.39 is 52.5 Å². The Morgan fingerprint density at radius 2 is 1.64 bits per heavy atom. The maximum atomic E-state index is 15.5. The fourth-order valence-corrected chi connectivity index (χ4v) is 4.82. The molecule has 0 aliphatic carbocycles. The number of carbonyl (C=O) groups is 1. The van der Waals surface area contributed by atoms with E-state index in [1.54, 1.807) is 43.3 Å². The molecule has 5 rings (SSSR count). The Morgan fingerprint density at radius 1 is 0.977 bits per heavy atom. The second kappa shape index (κ2) is 12.1. The molecule has 0 saturated heterocycles. The number of nitrogens with one attached hydrogen (secondary N) is 2. The fourth-order valence-electron chi connectivity index (χ4n) is 4.82. The minimum absolute atomic E-state index is 0.0650. The van der Waals surface area contributed by atoms with Crippen LogP contribution in [0.2, 0.25) is 0 Å². The normalized spacial score (nSPS) is 11.3. The van der Waals surface area contributed by atoms with Crippen LogP contribution in [0.5, 0.6) is 5.75 Å². The lowest BCUT2D eigenvalue weighted by Gasteiger charge is -2.15. The first kappa shape index (κ1) is 30.1. The van der Waals surface area contributed by atoms with E-state index in [-0.39, 0.29) is 23.3 Å². The van der Waals surface area contributed by atoms with Crippen LogP contribution in [0.25, 0.3) is 22.4 Å². The van der Waals surface area contributed by atoms with Crippen molar-refractivity contribution in [3.63, 3.8) is 0 Å². The van der Waals surface area contributed by atoms with E-state index in [1.807, 2.05) is 0 Å². The molecule has 11 nitrogen and oxygen atoms in total. The smallest absolute Gasteiger partial charge is 0.337 e. The monoisotopic (exact) mass is 607 g/mol. The molecule has 0 aliphatic rings. The zero-order valence-electron chi connectivity index (χ0n) is 24.2. The third-order valence-electron chi connectivity index (χ3n) is 6.90. The van der Waals surface area contributed by atoms with Crippen LogP contribution < -0.4 is 26.6 Å². The lowest BCUT2D eigenvalue weighted by atomic mass is 10.2. The van der Waals surface area contributed by atoms with Crippen LogP contribution in [-0.2, 0) is 13.1 Å². The number of urea groups is 1. The molecule has 0 atom stereocenters. The number of fused-ring (bicyclic) bond motifs is 1. The van der Waals surface area contributed by atoms with Crippen LogP contribution in [-0.4, -0.2) is 58.1 Å². The van der Waals surface area contributed by atoms with E-state index in [2.05, 4.69) is 15.7 Å². The van der Waals surface area contributed by atoms with E-state index in [9.17, 15) is 23.2 Å². The third-order valence-corrected chi connectivity index (χ3v) is 6.90. The predicted molar refractivity (Wildman–Crippen MR) is 158 cm³/mol. The topological polar surface area (TPSA) is 115 Å². The van der Waals surface area contributed by atoms with Gasteiger partial charge in [0.15, 0.2) is 17.2 Å². The first-order chi connectivity index (χ1) is 21.0. The zero-order chi connectivity index (χ0) is 31.7. The largest absolute Gasteiger partial charge is 0.494 e. The summed E-state index contributed by atoms with van der Waals surface area (Å²) in [7, 11) is 6.22. The van der Waals surface area contributed by atoms with Crippen molar-refractivity contribution in [2.24, 2.45) is 0 Å². The number of halogens is 3. The van der Waals surface area contributed by atoms with Crippen molar-refractivity contribution in [1.29, 1.82) is 0 Å². The summed E-state index contributed by atoms with van der Waals surface area (Å²) in [5.74, 6) is -3.02. The number of aromatic nitrogens is 4. The van der Waals surface area contributed by atoms with Gasteiger partial charge in [-0.1, -0.05) is 12.1 Å². The van der Waals surface area contributed by atoms with E-state index >= 15 is 4.39 Å². The Hall–Kier alpha value is -5.37. The lowest BCUT2D eigenvalue weighted by molar-refractivity contribution is 0.254. The highest BCUT2D eigenvalue weighted by Gasteiger charge is 2.27. The Bertz CT molecular complexity index is 1980. The predicted octanol–water partition coefficient (Wildman–Crippen LogP) is 3.63. The molecule has 0 fully saturated rings. The third kappa shape index (κ3) is 5.42. The molecule has 0 aliphatic heterocycles. The number of benzene rings is 3. The van der Waals surface area contributed by atoms with Crippen molar-refractivity contribution in [3.05, 3.63) is 110 Å². The van der Waals surface area contributed by atoms with E-state index in [0.29, 0.717) is 21.6 Å². The van der Waals surface area contributed by atoms with Crippen LogP contribution in [0, 0.1) is 17.5 Å². The molecule has 0 bridgehead atoms. The summed E-state index contributed by atoms with van der Waals surface area (Å²) in [6.45, 7) is -0.510. The fraction of sp³-hybridized carbons (Fsp3) is 0.200. The van der Waals surface area contributed by atoms with Gasteiger partial charge in [0.1, 0.15) is 17.0 Å². The molecule has 3 aromatic carbocycles. The van der Waals surface area contributed by atoms with Gasteiger partial charge < -0.3 is 20.3 Å². The highest BCUT2D eigenvalue weighted by molar-refractivity contribution is 5.89. The summed E-state index contributed by atoms with van der Waals surface area (Å²) in [5.41, 5.74) is -1.71. The quantitative estimate of drug-likeness (QED) is 0.279. The highest BCUT2D eigenvalue weighted by atomic mass is 19.1. The van der Waals surface area contributed by atoms with E-state index in [1.165, 1.54) is 43.1 Å². The average Bonchev–Trinajstić information content (AvgIpc) is 3.36. The summed E-state index contributed by atoms with van der Waals surface area (Å²) < 4.78 is 53.2. The van der Waals surface area contributed by atoms with Crippen LogP contribution in [0.3, 0.4) is 0 Å². The molecule has 44 heavy (non-hydrogen) atoms. The van der Waals surface area contributed by atoms with Crippen molar-refractivity contribution in [1.82, 2.24) is 29.1 Å². The van der Waals surface area contributed by atoms with Gasteiger partial charge in [0.25, 0.3) is 5.56 Å². The van der Waals surface area contributed by atoms with Gasteiger partial charge in [0.05, 0.1) is 30.7 Å². The highest BCUT2D eigenvalue weighted by Crippen LogP contribution is 2.25. The maximum Gasteiger partial charge on any atom is 0.337 e. The maximum absolute atomic E-state index is 15.5. The van der Waals surface area contributed by atoms with Gasteiger partial charge in [-0.2, -0.15) is 0 Å². The van der Waals surface area contributed by atoms with Crippen LogP contribution >= 0.6 is 0 Å². The molecule has 228 valence electrons. The number of nitrogens with zero attached hydrogens (tertiary/aromatic N) is 5. The van der Waals surface area contributed by atoms with Gasteiger partial charge in [-0.25, -0.2) is 32.0 Å². The Morgan fingerprint density at radius 3 is 2.25 bits per heavy atom. The number of anilines is 1. The summed E-state index contributed by atoms with van der Waals surface area (Å²) >= 11 is 0. The minimum Gasteiger partial charge on any atom is -0.494 e. The summed E-state index contributed by atoms with van der Waals surface area (Å²) in [6.07, 6.45) is 0. The summed E-state index contributed by atoms with van der Waals surface area (Å²) in [5, 5.41) is 9.62. The molecule has 0 spiro atoms. The molecule has 2 amide bonds. The van der Waals surface area contributed by atoms with Crippen molar-refractivity contribution >= 4 is 22.8 Å². The van der Waals surface area contributed by atoms with Crippen molar-refractivity contribution in [2.45, 2.75) is 13.1 Å². The van der Waals surface area contributed by atoms with Gasteiger partial charge >= 0.3 is 11.7 Å². The average molecular weight is 608 g/mol. The second-order valence-corrected chi connectivity index (χ2v) is 10.0. The van der Waals surface area contributed by atoms with Crippen LogP contribution in [0.4, 0.5) is 23.7 Å². The molecule has 0 unspecified atom stereocenters. The van der Waals surface area contributed by atoms with Gasteiger partial charge in [0.2, 0.25) is 0 Å². The first-order valence-corrected chi connectivity index (χ1v) is 13.3. The van der Waals surface area contributed by atoms with Crippen LogP contribution in [0.1, 0.15) is 11.3 Å². The first-order valence-electron chi connectivity index (χ1n) is 13.3. The van der Waals surface area contributed by atoms with Gasteiger partial charge in [0, 0.05) is 24.8 Å². The van der Waals surface area contributed by atoms with Crippen LogP contribution in [0.15, 0.2) is 70.3 Å². The molecule has 14 heteroatoms. The minimum atomic E-state index is -1.07. The number of hydrogen-bond acceptors (Lipinski definition) is 6. The molecule has 2 N–H and O–H groups in total. The number of ether oxygens (including phenoxy) is 1. The molecule has 2 aromatic heterocycles. The molecule has 2 heterocycles. The van der Waals surface area contributed by atoms with E-state index in [0.717, 1.165) is 16.7 Å². The molecular weight excluding hydrogens is 579 g/mol. The Kier molecular flexibility index (Phi) is 8.27. The summed E-state index contributed by atoms with van der Waals surface area (Å²) in [4.78, 5) is 41.7. The lowest BCUT2D eigenvalue weighted by Crippen LogP contribution is -2.40. The molecule has 0 saturated carbocycles.